The van der Waals surface area contributed by atoms with Gasteiger partial charge < -0.3 is 10.1 Å². The molecule has 1 fully saturated rings. The summed E-state index contributed by atoms with van der Waals surface area (Å²) in [6.45, 7) is 0.146. The molecule has 2 aromatic heterocycles. The fraction of sp³-hybridized carbons (Fsp3) is 0.316. The Morgan fingerprint density at radius 3 is 3.00 bits per heavy atom. The number of benzene rings is 1. The minimum absolute atomic E-state index is 0.176. The molecule has 0 aliphatic carbocycles. The van der Waals surface area contributed by atoms with E-state index in [4.69, 9.17) is 16.3 Å². The van der Waals surface area contributed by atoms with Crippen LogP contribution in [0.25, 0.3) is 10.9 Å². The van der Waals surface area contributed by atoms with Crippen LogP contribution in [0.4, 0.5) is 0 Å². The molecule has 0 saturated carbocycles. The maximum atomic E-state index is 12.3. The summed E-state index contributed by atoms with van der Waals surface area (Å²) in [5, 5.41) is 10.4. The van der Waals surface area contributed by atoms with Crippen molar-refractivity contribution >= 4 is 51.6 Å². The number of fused-ring (bicyclic) bond motifs is 1. The summed E-state index contributed by atoms with van der Waals surface area (Å²) >= 11 is 7.08. The van der Waals surface area contributed by atoms with E-state index >= 15 is 0 Å². The number of aryl methyl sites for hydroxylation is 1. The molecule has 3 heterocycles. The number of aromatic nitrogens is 3. The average Bonchev–Trinajstić information content (AvgIpc) is 3.28. The number of thiazole rings is 1. The fourth-order valence-electron chi connectivity index (χ4n) is 3.40. The standard InChI is InChI=1S/C19H18ClN5O4S/c1-25-17-11(16(24-25)12-5-6-14(26)23-18(12)28)3-2-4-13(17)29-9-15(27)21-7-10-8-22-19(20)30-10/h2-4,8,12H,5-7,9H2,1H3,(H,21,27)(H,23,26,28). The van der Waals surface area contributed by atoms with Crippen LogP contribution in [0.1, 0.15) is 29.3 Å². The molecule has 9 nitrogen and oxygen atoms in total. The molecule has 1 aliphatic heterocycles. The topological polar surface area (TPSA) is 115 Å². The van der Waals surface area contributed by atoms with Crippen molar-refractivity contribution in [2.75, 3.05) is 6.61 Å². The van der Waals surface area contributed by atoms with E-state index < -0.39 is 5.92 Å². The monoisotopic (exact) mass is 447 g/mol. The number of hydrogen-bond acceptors (Lipinski definition) is 7. The Morgan fingerprint density at radius 1 is 1.43 bits per heavy atom. The number of piperidine rings is 1. The van der Waals surface area contributed by atoms with Gasteiger partial charge in [0.25, 0.3) is 5.91 Å². The van der Waals surface area contributed by atoms with Crippen LogP contribution in [-0.4, -0.2) is 39.1 Å². The molecule has 1 aromatic carbocycles. The lowest BCUT2D eigenvalue weighted by atomic mass is 9.93. The van der Waals surface area contributed by atoms with E-state index in [0.717, 1.165) is 10.3 Å². The molecule has 0 bridgehead atoms. The zero-order valence-corrected chi connectivity index (χ0v) is 17.5. The van der Waals surface area contributed by atoms with Gasteiger partial charge in [0, 0.05) is 29.9 Å². The van der Waals surface area contributed by atoms with E-state index in [9.17, 15) is 14.4 Å². The number of rotatable bonds is 6. The highest BCUT2D eigenvalue weighted by molar-refractivity contribution is 7.15. The number of amides is 3. The summed E-state index contributed by atoms with van der Waals surface area (Å²) in [6, 6.07) is 5.38. The average molecular weight is 448 g/mol. The first kappa shape index (κ1) is 20.3. The minimum Gasteiger partial charge on any atom is -0.482 e. The molecule has 11 heteroatoms. The Labute approximate surface area is 180 Å². The van der Waals surface area contributed by atoms with Crippen molar-refractivity contribution in [3.8, 4) is 5.75 Å². The Bertz CT molecular complexity index is 1140. The van der Waals surface area contributed by atoms with Crippen molar-refractivity contribution in [1.29, 1.82) is 0 Å². The van der Waals surface area contributed by atoms with E-state index in [0.29, 0.717) is 34.4 Å². The van der Waals surface area contributed by atoms with E-state index in [1.165, 1.54) is 11.3 Å². The minimum atomic E-state index is -0.504. The van der Waals surface area contributed by atoms with Crippen LogP contribution < -0.4 is 15.4 Å². The first-order valence-corrected chi connectivity index (χ1v) is 10.4. The number of carbonyl (C=O) groups is 3. The lowest BCUT2D eigenvalue weighted by molar-refractivity contribution is -0.134. The molecule has 3 amide bonds. The van der Waals surface area contributed by atoms with Crippen molar-refractivity contribution < 1.29 is 19.1 Å². The lowest BCUT2D eigenvalue weighted by Gasteiger charge is -2.19. The third kappa shape index (κ3) is 4.14. The van der Waals surface area contributed by atoms with Gasteiger partial charge in [0.15, 0.2) is 11.1 Å². The second-order valence-electron chi connectivity index (χ2n) is 6.81. The Hall–Kier alpha value is -2.98. The smallest absolute Gasteiger partial charge is 0.258 e. The molecular weight excluding hydrogens is 430 g/mol. The summed E-state index contributed by atoms with van der Waals surface area (Å²) in [5.41, 5.74) is 1.27. The molecule has 1 saturated heterocycles. The second-order valence-corrected chi connectivity index (χ2v) is 8.51. The van der Waals surface area contributed by atoms with Crippen molar-refractivity contribution in [3.05, 3.63) is 39.4 Å². The molecule has 1 unspecified atom stereocenters. The van der Waals surface area contributed by atoms with Gasteiger partial charge in [0.2, 0.25) is 11.8 Å². The number of carbonyl (C=O) groups excluding carboxylic acids is 3. The first-order valence-electron chi connectivity index (χ1n) is 9.21. The van der Waals surface area contributed by atoms with E-state index in [1.54, 1.807) is 30.1 Å². The molecule has 30 heavy (non-hydrogen) atoms. The number of imide groups is 1. The van der Waals surface area contributed by atoms with Gasteiger partial charge in [-0.3, -0.25) is 24.4 Å². The molecule has 0 spiro atoms. The zero-order chi connectivity index (χ0) is 21.3. The zero-order valence-electron chi connectivity index (χ0n) is 16.0. The van der Waals surface area contributed by atoms with Crippen LogP contribution in [0.2, 0.25) is 4.47 Å². The highest BCUT2D eigenvalue weighted by atomic mass is 35.5. The molecule has 156 valence electrons. The van der Waals surface area contributed by atoms with Crippen molar-refractivity contribution in [1.82, 2.24) is 25.4 Å². The Kier molecular flexibility index (Phi) is 5.69. The number of hydrogen-bond donors (Lipinski definition) is 2. The van der Waals surface area contributed by atoms with Gasteiger partial charge >= 0.3 is 0 Å². The van der Waals surface area contributed by atoms with Gasteiger partial charge in [-0.2, -0.15) is 5.10 Å². The highest BCUT2D eigenvalue weighted by Crippen LogP contribution is 2.34. The Morgan fingerprint density at radius 2 is 2.27 bits per heavy atom. The first-order chi connectivity index (χ1) is 14.4. The second kappa shape index (κ2) is 8.41. The summed E-state index contributed by atoms with van der Waals surface area (Å²) in [5.74, 6) is -0.926. The third-order valence-electron chi connectivity index (χ3n) is 4.77. The fourth-order valence-corrected chi connectivity index (χ4v) is 4.32. The van der Waals surface area contributed by atoms with Crippen molar-refractivity contribution in [3.63, 3.8) is 0 Å². The predicted octanol–water partition coefficient (Wildman–Crippen LogP) is 1.90. The molecule has 1 aliphatic rings. The number of nitrogens with one attached hydrogen (secondary N) is 2. The van der Waals surface area contributed by atoms with Gasteiger partial charge in [-0.1, -0.05) is 23.7 Å². The van der Waals surface area contributed by atoms with E-state index in [1.807, 2.05) is 6.07 Å². The van der Waals surface area contributed by atoms with E-state index in [-0.39, 0.29) is 30.7 Å². The van der Waals surface area contributed by atoms with Crippen LogP contribution in [0, 0.1) is 0 Å². The van der Waals surface area contributed by atoms with Gasteiger partial charge in [-0.15, -0.1) is 11.3 Å². The molecule has 4 rings (SSSR count). The molecule has 0 radical (unpaired) electrons. The van der Waals surface area contributed by atoms with Crippen LogP contribution in [0.3, 0.4) is 0 Å². The maximum absolute atomic E-state index is 12.3. The lowest BCUT2D eigenvalue weighted by Crippen LogP contribution is -2.39. The quantitative estimate of drug-likeness (QED) is 0.557. The number of halogens is 1. The maximum Gasteiger partial charge on any atom is 0.258 e. The summed E-state index contributed by atoms with van der Waals surface area (Å²) < 4.78 is 7.78. The van der Waals surface area contributed by atoms with Gasteiger partial charge in [-0.25, -0.2) is 4.98 Å². The summed E-state index contributed by atoms with van der Waals surface area (Å²) in [7, 11) is 1.75. The van der Waals surface area contributed by atoms with Gasteiger partial charge in [0.05, 0.1) is 18.2 Å². The SMILES string of the molecule is Cn1nc(C2CCC(=O)NC2=O)c2cccc(OCC(=O)NCc3cnc(Cl)s3)c21. The normalized spacial score (nSPS) is 16.5. The predicted molar refractivity (Wildman–Crippen MR) is 110 cm³/mol. The highest BCUT2D eigenvalue weighted by Gasteiger charge is 2.32. The van der Waals surface area contributed by atoms with E-state index in [2.05, 4.69) is 20.7 Å². The molecular formula is C19H18ClN5O4S. The third-order valence-corrected chi connectivity index (χ3v) is 5.88. The van der Waals surface area contributed by atoms with Crippen molar-refractivity contribution in [2.45, 2.75) is 25.3 Å². The van der Waals surface area contributed by atoms with Crippen LogP contribution in [0.5, 0.6) is 5.75 Å². The van der Waals surface area contributed by atoms with Gasteiger partial charge in [-0.05, 0) is 12.5 Å². The summed E-state index contributed by atoms with van der Waals surface area (Å²) in [6.07, 6.45) is 2.29. The molecule has 2 N–H and O–H groups in total. The van der Waals surface area contributed by atoms with Crippen LogP contribution >= 0.6 is 22.9 Å². The van der Waals surface area contributed by atoms with Crippen LogP contribution in [-0.2, 0) is 28.0 Å². The van der Waals surface area contributed by atoms with Crippen molar-refractivity contribution in [2.24, 2.45) is 7.05 Å². The summed E-state index contributed by atoms with van der Waals surface area (Å²) in [4.78, 5) is 40.6. The number of ether oxygens (including phenoxy) is 1. The van der Waals surface area contributed by atoms with Crippen LogP contribution in [0.15, 0.2) is 24.4 Å². The Balaban J connectivity index is 1.48. The molecule has 3 aromatic rings. The number of para-hydroxylation sites is 1. The molecule has 1 atom stereocenters. The largest absolute Gasteiger partial charge is 0.482 e. The number of nitrogens with zero attached hydrogens (tertiary/aromatic N) is 3. The van der Waals surface area contributed by atoms with Gasteiger partial charge in [0.1, 0.15) is 11.3 Å².